The second kappa shape index (κ2) is 6.53. The third-order valence-corrected chi connectivity index (χ3v) is 3.57. The van der Waals surface area contributed by atoms with Gasteiger partial charge in [-0.05, 0) is 25.5 Å². The number of nitro groups is 1. The van der Waals surface area contributed by atoms with Crippen molar-refractivity contribution in [1.82, 2.24) is 4.90 Å². The topological polar surface area (TPSA) is 108 Å². The van der Waals surface area contributed by atoms with Gasteiger partial charge in [-0.15, -0.1) is 0 Å². The Morgan fingerprint density at radius 1 is 1.30 bits per heavy atom. The number of nitro benzene ring substituents is 1. The van der Waals surface area contributed by atoms with Crippen LogP contribution in [0.3, 0.4) is 0 Å². The van der Waals surface area contributed by atoms with Crippen LogP contribution in [0.1, 0.15) is 12.0 Å². The van der Waals surface area contributed by atoms with Crippen molar-refractivity contribution in [2.45, 2.75) is 12.8 Å². The van der Waals surface area contributed by atoms with Crippen LogP contribution in [0.5, 0.6) is 0 Å². The number of nitrogens with two attached hydrogens (primary N) is 2. The predicted molar refractivity (Wildman–Crippen MR) is 77.5 cm³/mol. The Balaban J connectivity index is 1.98. The molecule has 1 saturated heterocycles. The predicted octanol–water partition coefficient (Wildman–Crippen LogP) is 1.02. The second-order valence-corrected chi connectivity index (χ2v) is 4.88. The van der Waals surface area contributed by atoms with Crippen LogP contribution in [0.25, 0.3) is 0 Å². The lowest BCUT2D eigenvalue weighted by Gasteiger charge is -2.26. The van der Waals surface area contributed by atoms with Gasteiger partial charge in [-0.2, -0.15) is 0 Å². The van der Waals surface area contributed by atoms with Crippen LogP contribution in [0.15, 0.2) is 12.1 Å². The van der Waals surface area contributed by atoms with E-state index in [0.717, 1.165) is 39.3 Å². The maximum Gasteiger partial charge on any atom is 0.292 e. The van der Waals surface area contributed by atoms with Crippen LogP contribution in [0.2, 0.25) is 0 Å². The van der Waals surface area contributed by atoms with E-state index in [9.17, 15) is 10.1 Å². The highest BCUT2D eigenvalue weighted by Gasteiger charge is 2.17. The molecule has 0 aliphatic carbocycles. The summed E-state index contributed by atoms with van der Waals surface area (Å²) < 4.78 is 5.29. The van der Waals surface area contributed by atoms with Crippen molar-refractivity contribution in [3.8, 4) is 0 Å². The summed E-state index contributed by atoms with van der Waals surface area (Å²) >= 11 is 0. The van der Waals surface area contributed by atoms with Crippen molar-refractivity contribution in [2.75, 3.05) is 44.3 Å². The van der Waals surface area contributed by atoms with Gasteiger partial charge in [0.2, 0.25) is 0 Å². The number of nitrogens with zero attached hydrogens (tertiary/aromatic N) is 2. The van der Waals surface area contributed by atoms with Crippen molar-refractivity contribution in [1.29, 1.82) is 0 Å². The molecule has 4 N–H and O–H groups in total. The largest absolute Gasteiger partial charge is 0.398 e. The van der Waals surface area contributed by atoms with Gasteiger partial charge in [-0.3, -0.25) is 15.0 Å². The fourth-order valence-electron chi connectivity index (χ4n) is 2.41. The monoisotopic (exact) mass is 280 g/mol. The quantitative estimate of drug-likeness (QED) is 0.473. The molecule has 7 nitrogen and oxygen atoms in total. The van der Waals surface area contributed by atoms with Gasteiger partial charge in [-0.1, -0.05) is 0 Å². The molecule has 1 fully saturated rings. The number of nitrogen functional groups attached to an aromatic ring is 2. The highest BCUT2D eigenvalue weighted by Crippen LogP contribution is 2.30. The minimum atomic E-state index is -0.472. The van der Waals surface area contributed by atoms with Gasteiger partial charge in [0.25, 0.3) is 5.69 Å². The number of anilines is 2. The van der Waals surface area contributed by atoms with Crippen LogP contribution in [0.4, 0.5) is 17.1 Å². The summed E-state index contributed by atoms with van der Waals surface area (Å²) in [5, 5.41) is 10.9. The van der Waals surface area contributed by atoms with Gasteiger partial charge in [0, 0.05) is 30.4 Å². The van der Waals surface area contributed by atoms with Crippen molar-refractivity contribution in [2.24, 2.45) is 0 Å². The molecule has 1 aliphatic heterocycles. The molecule has 0 saturated carbocycles. The normalized spacial score (nSPS) is 16.2. The van der Waals surface area contributed by atoms with E-state index in [4.69, 9.17) is 16.2 Å². The van der Waals surface area contributed by atoms with E-state index in [1.165, 1.54) is 6.07 Å². The number of morpholine rings is 1. The van der Waals surface area contributed by atoms with Crippen LogP contribution in [-0.2, 0) is 11.2 Å². The molecule has 0 bridgehead atoms. The molecule has 1 aromatic carbocycles. The second-order valence-electron chi connectivity index (χ2n) is 4.88. The van der Waals surface area contributed by atoms with Gasteiger partial charge in [-0.25, -0.2) is 0 Å². The number of benzene rings is 1. The van der Waals surface area contributed by atoms with E-state index in [1.54, 1.807) is 6.07 Å². The molecule has 1 aromatic rings. The number of hydrogen-bond donors (Lipinski definition) is 2. The SMILES string of the molecule is Nc1ccc([N+](=O)[O-])c(N)c1CCCN1CCOCC1. The van der Waals surface area contributed by atoms with E-state index in [0.29, 0.717) is 17.7 Å². The van der Waals surface area contributed by atoms with Crippen LogP contribution < -0.4 is 11.5 Å². The summed E-state index contributed by atoms with van der Waals surface area (Å²) in [5.74, 6) is 0. The van der Waals surface area contributed by atoms with Gasteiger partial charge in [0.15, 0.2) is 0 Å². The Hall–Kier alpha value is -1.86. The summed E-state index contributed by atoms with van der Waals surface area (Å²) in [6.07, 6.45) is 1.52. The molecule has 110 valence electrons. The summed E-state index contributed by atoms with van der Waals surface area (Å²) in [6.45, 7) is 4.31. The Labute approximate surface area is 117 Å². The fraction of sp³-hybridized carbons (Fsp3) is 0.538. The van der Waals surface area contributed by atoms with Crippen LogP contribution in [0, 0.1) is 10.1 Å². The first-order chi connectivity index (χ1) is 9.59. The Morgan fingerprint density at radius 3 is 2.65 bits per heavy atom. The number of rotatable bonds is 5. The van der Waals surface area contributed by atoms with Crippen molar-refractivity contribution < 1.29 is 9.66 Å². The molecular weight excluding hydrogens is 260 g/mol. The molecule has 2 rings (SSSR count). The third kappa shape index (κ3) is 3.37. The number of ether oxygens (including phenoxy) is 1. The van der Waals surface area contributed by atoms with Gasteiger partial charge < -0.3 is 16.2 Å². The average Bonchev–Trinajstić information content (AvgIpc) is 2.43. The first kappa shape index (κ1) is 14.5. The Morgan fingerprint density at radius 2 is 2.00 bits per heavy atom. The number of hydrogen-bond acceptors (Lipinski definition) is 6. The molecule has 1 aliphatic rings. The van der Waals surface area contributed by atoms with Gasteiger partial charge >= 0.3 is 0 Å². The van der Waals surface area contributed by atoms with Crippen molar-refractivity contribution >= 4 is 17.1 Å². The lowest BCUT2D eigenvalue weighted by molar-refractivity contribution is -0.383. The first-order valence-corrected chi connectivity index (χ1v) is 6.71. The fourth-order valence-corrected chi connectivity index (χ4v) is 2.41. The minimum absolute atomic E-state index is 0.0689. The molecule has 1 heterocycles. The van der Waals surface area contributed by atoms with E-state index < -0.39 is 4.92 Å². The molecule has 0 amide bonds. The molecule has 0 atom stereocenters. The smallest absolute Gasteiger partial charge is 0.292 e. The molecular formula is C13H20N4O3. The highest BCUT2D eigenvalue weighted by molar-refractivity contribution is 5.71. The lowest BCUT2D eigenvalue weighted by Crippen LogP contribution is -2.37. The van der Waals surface area contributed by atoms with E-state index in [-0.39, 0.29) is 11.4 Å². The summed E-state index contributed by atoms with van der Waals surface area (Å²) in [4.78, 5) is 12.7. The van der Waals surface area contributed by atoms with Crippen molar-refractivity contribution in [3.05, 3.63) is 27.8 Å². The van der Waals surface area contributed by atoms with Crippen LogP contribution in [-0.4, -0.2) is 42.7 Å². The third-order valence-electron chi connectivity index (χ3n) is 3.57. The van der Waals surface area contributed by atoms with E-state index in [2.05, 4.69) is 4.90 Å². The zero-order valence-corrected chi connectivity index (χ0v) is 11.4. The molecule has 0 spiro atoms. The molecule has 20 heavy (non-hydrogen) atoms. The maximum absolute atomic E-state index is 10.9. The molecule has 7 heteroatoms. The summed E-state index contributed by atoms with van der Waals surface area (Å²) in [6, 6.07) is 2.91. The lowest BCUT2D eigenvalue weighted by atomic mass is 10.0. The minimum Gasteiger partial charge on any atom is -0.398 e. The highest BCUT2D eigenvalue weighted by atomic mass is 16.6. The molecule has 0 radical (unpaired) electrons. The van der Waals surface area contributed by atoms with Gasteiger partial charge in [0.05, 0.1) is 18.1 Å². The zero-order chi connectivity index (χ0) is 14.5. The summed E-state index contributed by atoms with van der Waals surface area (Å²) in [5.41, 5.74) is 13.1. The van der Waals surface area contributed by atoms with Crippen molar-refractivity contribution in [3.63, 3.8) is 0 Å². The Kier molecular flexibility index (Phi) is 4.75. The van der Waals surface area contributed by atoms with E-state index >= 15 is 0 Å². The zero-order valence-electron chi connectivity index (χ0n) is 11.4. The maximum atomic E-state index is 10.9. The Bertz CT molecular complexity index is 487. The summed E-state index contributed by atoms with van der Waals surface area (Å²) in [7, 11) is 0. The van der Waals surface area contributed by atoms with Gasteiger partial charge in [0.1, 0.15) is 5.69 Å². The standard InChI is InChI=1S/C13H20N4O3/c14-11-3-4-12(17(18)19)13(15)10(11)2-1-5-16-6-8-20-9-7-16/h3-4H,1-2,5-9,14-15H2. The molecule has 0 aromatic heterocycles. The van der Waals surface area contributed by atoms with E-state index in [1.807, 2.05) is 0 Å². The average molecular weight is 280 g/mol. The molecule has 0 unspecified atom stereocenters. The first-order valence-electron chi connectivity index (χ1n) is 6.71. The van der Waals surface area contributed by atoms with Crippen LogP contribution >= 0.6 is 0 Å².